The van der Waals surface area contributed by atoms with Crippen LogP contribution in [0.2, 0.25) is 0 Å². The summed E-state index contributed by atoms with van der Waals surface area (Å²) in [6, 6.07) is 13.6. The fourth-order valence-corrected chi connectivity index (χ4v) is 4.21. The molecule has 138 valence electrons. The maximum Gasteiger partial charge on any atom is 0.338 e. The molecule has 26 heavy (non-hydrogen) atoms. The first kappa shape index (κ1) is 18.6. The molecule has 7 heteroatoms. The second-order valence-corrected chi connectivity index (χ2v) is 8.05. The fraction of sp³-hybridized carbons (Fsp3) is 0.316. The van der Waals surface area contributed by atoms with Crippen LogP contribution in [0.1, 0.15) is 21.5 Å². The number of benzene rings is 2. The van der Waals surface area contributed by atoms with Gasteiger partial charge in [-0.2, -0.15) is 4.31 Å². The van der Waals surface area contributed by atoms with E-state index in [1.165, 1.54) is 16.4 Å². The number of ether oxygens (including phenoxy) is 2. The topological polar surface area (TPSA) is 72.9 Å². The van der Waals surface area contributed by atoms with Crippen molar-refractivity contribution in [3.05, 3.63) is 65.2 Å². The number of morpholine rings is 1. The van der Waals surface area contributed by atoms with E-state index < -0.39 is 16.0 Å². The molecule has 0 unspecified atom stereocenters. The summed E-state index contributed by atoms with van der Waals surface area (Å²) >= 11 is 0. The summed E-state index contributed by atoms with van der Waals surface area (Å²) in [4.78, 5) is 12.4. The predicted octanol–water partition coefficient (Wildman–Crippen LogP) is 2.37. The first-order valence-electron chi connectivity index (χ1n) is 8.37. The van der Waals surface area contributed by atoms with Crippen molar-refractivity contribution in [3.63, 3.8) is 0 Å². The summed E-state index contributed by atoms with van der Waals surface area (Å²) in [5.41, 5.74) is 2.18. The van der Waals surface area contributed by atoms with Gasteiger partial charge in [0.2, 0.25) is 10.0 Å². The van der Waals surface area contributed by atoms with Crippen molar-refractivity contribution in [2.45, 2.75) is 18.4 Å². The van der Waals surface area contributed by atoms with E-state index in [1.54, 1.807) is 12.1 Å². The molecule has 1 aliphatic heterocycles. The molecule has 3 rings (SSSR count). The van der Waals surface area contributed by atoms with Gasteiger partial charge in [0, 0.05) is 13.1 Å². The number of sulfonamides is 1. The third kappa shape index (κ3) is 4.30. The number of aryl methyl sites for hydroxylation is 1. The lowest BCUT2D eigenvalue weighted by Gasteiger charge is -2.26. The monoisotopic (exact) mass is 375 g/mol. The minimum Gasteiger partial charge on any atom is -0.457 e. The zero-order valence-electron chi connectivity index (χ0n) is 14.6. The first-order chi connectivity index (χ1) is 12.5. The van der Waals surface area contributed by atoms with Crippen molar-refractivity contribution < 1.29 is 22.7 Å². The zero-order valence-corrected chi connectivity index (χ0v) is 15.4. The quantitative estimate of drug-likeness (QED) is 0.750. The highest BCUT2D eigenvalue weighted by molar-refractivity contribution is 7.89. The molecule has 1 fully saturated rings. The molecule has 0 radical (unpaired) electrons. The van der Waals surface area contributed by atoms with Crippen LogP contribution in [-0.2, 0) is 26.1 Å². The third-order valence-electron chi connectivity index (χ3n) is 4.13. The van der Waals surface area contributed by atoms with Crippen molar-refractivity contribution in [2.24, 2.45) is 0 Å². The molecule has 0 bridgehead atoms. The SMILES string of the molecule is Cc1cccc(COC(=O)c2cccc(S(=O)(=O)N3CCOCC3)c2)c1. The second kappa shape index (κ2) is 7.99. The number of esters is 1. The number of carbonyl (C=O) groups excluding carboxylic acids is 1. The Morgan fingerprint density at radius 3 is 2.58 bits per heavy atom. The van der Waals surface area contributed by atoms with Crippen LogP contribution in [0.15, 0.2) is 53.4 Å². The summed E-state index contributed by atoms with van der Waals surface area (Å²) in [5.74, 6) is -0.550. The van der Waals surface area contributed by atoms with Crippen molar-refractivity contribution >= 4 is 16.0 Å². The van der Waals surface area contributed by atoms with Crippen LogP contribution in [0, 0.1) is 6.92 Å². The zero-order chi connectivity index (χ0) is 18.6. The number of nitrogens with zero attached hydrogens (tertiary/aromatic N) is 1. The molecular weight excluding hydrogens is 354 g/mol. The Morgan fingerprint density at radius 1 is 1.12 bits per heavy atom. The molecule has 2 aromatic rings. The van der Waals surface area contributed by atoms with E-state index in [9.17, 15) is 13.2 Å². The highest BCUT2D eigenvalue weighted by atomic mass is 32.2. The first-order valence-corrected chi connectivity index (χ1v) is 9.81. The lowest BCUT2D eigenvalue weighted by Crippen LogP contribution is -2.40. The summed E-state index contributed by atoms with van der Waals surface area (Å²) < 4.78 is 37.3. The Bertz CT molecular complexity index is 888. The summed E-state index contributed by atoms with van der Waals surface area (Å²) in [7, 11) is -3.65. The number of carbonyl (C=O) groups is 1. The van der Waals surface area contributed by atoms with E-state index >= 15 is 0 Å². The number of rotatable bonds is 5. The maximum atomic E-state index is 12.7. The van der Waals surface area contributed by atoms with Gasteiger partial charge in [-0.3, -0.25) is 0 Å². The van der Waals surface area contributed by atoms with Crippen LogP contribution in [0.3, 0.4) is 0 Å². The van der Waals surface area contributed by atoms with E-state index in [0.717, 1.165) is 11.1 Å². The molecule has 0 N–H and O–H groups in total. The van der Waals surface area contributed by atoms with Gasteiger partial charge in [-0.05, 0) is 30.7 Å². The lowest BCUT2D eigenvalue weighted by molar-refractivity contribution is 0.0472. The Hall–Kier alpha value is -2.22. The van der Waals surface area contributed by atoms with E-state index in [4.69, 9.17) is 9.47 Å². The highest BCUT2D eigenvalue weighted by Gasteiger charge is 2.27. The van der Waals surface area contributed by atoms with Crippen molar-refractivity contribution in [1.82, 2.24) is 4.31 Å². The molecule has 0 spiro atoms. The van der Waals surface area contributed by atoms with E-state index in [0.29, 0.717) is 26.3 Å². The molecule has 0 aromatic heterocycles. The standard InChI is InChI=1S/C19H21NO5S/c1-15-4-2-5-16(12-15)14-25-19(21)17-6-3-7-18(13-17)26(22,23)20-8-10-24-11-9-20/h2-7,12-13H,8-11,14H2,1H3. The summed E-state index contributed by atoms with van der Waals surface area (Å²) in [5, 5.41) is 0. The van der Waals surface area contributed by atoms with Crippen LogP contribution >= 0.6 is 0 Å². The Balaban J connectivity index is 1.73. The largest absolute Gasteiger partial charge is 0.457 e. The van der Waals surface area contributed by atoms with Crippen LogP contribution in [0.25, 0.3) is 0 Å². The van der Waals surface area contributed by atoms with E-state index in [-0.39, 0.29) is 17.1 Å². The average molecular weight is 375 g/mol. The maximum absolute atomic E-state index is 12.7. The van der Waals surface area contributed by atoms with Crippen LogP contribution in [0.4, 0.5) is 0 Å². The lowest BCUT2D eigenvalue weighted by atomic mass is 10.1. The van der Waals surface area contributed by atoms with Gasteiger partial charge >= 0.3 is 5.97 Å². The third-order valence-corrected chi connectivity index (χ3v) is 6.02. The van der Waals surface area contributed by atoms with Gasteiger partial charge in [-0.25, -0.2) is 13.2 Å². The molecule has 6 nitrogen and oxygen atoms in total. The molecular formula is C19H21NO5S. The van der Waals surface area contributed by atoms with E-state index in [2.05, 4.69) is 0 Å². The Kier molecular flexibility index (Phi) is 5.70. The predicted molar refractivity (Wildman–Crippen MR) is 96.3 cm³/mol. The molecule has 0 aliphatic carbocycles. The van der Waals surface area contributed by atoms with Crippen molar-refractivity contribution in [3.8, 4) is 0 Å². The van der Waals surface area contributed by atoms with Crippen LogP contribution < -0.4 is 0 Å². The molecule has 2 aromatic carbocycles. The summed E-state index contributed by atoms with van der Waals surface area (Å²) in [6.07, 6.45) is 0. The molecule has 1 saturated heterocycles. The molecule has 1 aliphatic rings. The van der Waals surface area contributed by atoms with Gasteiger partial charge in [0.25, 0.3) is 0 Å². The molecule has 1 heterocycles. The number of hydrogen-bond acceptors (Lipinski definition) is 5. The smallest absolute Gasteiger partial charge is 0.338 e. The Morgan fingerprint density at radius 2 is 1.85 bits per heavy atom. The van der Waals surface area contributed by atoms with Crippen molar-refractivity contribution in [1.29, 1.82) is 0 Å². The normalized spacial score (nSPS) is 15.6. The van der Waals surface area contributed by atoms with Gasteiger partial charge in [0.1, 0.15) is 6.61 Å². The van der Waals surface area contributed by atoms with E-state index in [1.807, 2.05) is 31.2 Å². The fourth-order valence-electron chi connectivity index (χ4n) is 2.75. The van der Waals surface area contributed by atoms with Gasteiger partial charge in [-0.15, -0.1) is 0 Å². The second-order valence-electron chi connectivity index (χ2n) is 6.11. The number of hydrogen-bond donors (Lipinski definition) is 0. The van der Waals surface area contributed by atoms with Gasteiger partial charge in [0.15, 0.2) is 0 Å². The van der Waals surface area contributed by atoms with Gasteiger partial charge in [-0.1, -0.05) is 35.9 Å². The minimum absolute atomic E-state index is 0.0874. The minimum atomic E-state index is -3.65. The molecule has 0 amide bonds. The highest BCUT2D eigenvalue weighted by Crippen LogP contribution is 2.19. The van der Waals surface area contributed by atoms with Crippen molar-refractivity contribution in [2.75, 3.05) is 26.3 Å². The van der Waals surface area contributed by atoms with Crippen LogP contribution in [0.5, 0.6) is 0 Å². The average Bonchev–Trinajstić information content (AvgIpc) is 2.67. The Labute approximate surface area is 153 Å². The van der Waals surface area contributed by atoms with Gasteiger partial charge in [0.05, 0.1) is 23.7 Å². The van der Waals surface area contributed by atoms with Gasteiger partial charge < -0.3 is 9.47 Å². The van der Waals surface area contributed by atoms with Crippen LogP contribution in [-0.4, -0.2) is 45.0 Å². The molecule has 0 atom stereocenters. The summed E-state index contributed by atoms with van der Waals surface area (Å²) in [6.45, 7) is 3.47. The molecule has 0 saturated carbocycles.